The molecule has 2 heterocycles. The van der Waals surface area contributed by atoms with Gasteiger partial charge in [-0.3, -0.25) is 4.57 Å². The number of benzene rings is 1. The molecule has 2 aromatic heterocycles. The van der Waals surface area contributed by atoms with Crippen LogP contribution in [0.15, 0.2) is 59.9 Å². The lowest BCUT2D eigenvalue weighted by atomic mass is 10.2. The minimum atomic E-state index is -0.130. The Bertz CT molecular complexity index is 749. The molecule has 5 nitrogen and oxygen atoms in total. The summed E-state index contributed by atoms with van der Waals surface area (Å²) >= 11 is 0. The van der Waals surface area contributed by atoms with Crippen LogP contribution < -0.4 is 11.0 Å². The number of aromatic amines is 1. The molecule has 20 heavy (non-hydrogen) atoms. The number of aromatic nitrogens is 3. The first kappa shape index (κ1) is 12.3. The van der Waals surface area contributed by atoms with E-state index in [0.717, 1.165) is 17.9 Å². The van der Waals surface area contributed by atoms with Gasteiger partial charge in [-0.15, -0.1) is 0 Å². The Hall–Kier alpha value is -2.69. The number of nitrogens with one attached hydrogen (secondary N) is 2. The molecule has 0 radical (unpaired) electrons. The fourth-order valence-electron chi connectivity index (χ4n) is 2.13. The van der Waals surface area contributed by atoms with E-state index in [1.54, 1.807) is 17.0 Å². The summed E-state index contributed by atoms with van der Waals surface area (Å²) in [6, 6.07) is 9.86. The topological polar surface area (TPSA) is 54.8 Å². The second-order valence-electron chi connectivity index (χ2n) is 4.72. The van der Waals surface area contributed by atoms with Gasteiger partial charge in [0.2, 0.25) is 0 Å². The smallest absolute Gasteiger partial charge is 0.330 e. The first-order chi connectivity index (χ1) is 9.72. The van der Waals surface area contributed by atoms with Gasteiger partial charge in [0.1, 0.15) is 0 Å². The average Bonchev–Trinajstić information content (AvgIpc) is 3.06. The van der Waals surface area contributed by atoms with Crippen molar-refractivity contribution in [2.75, 3.05) is 5.32 Å². The zero-order chi connectivity index (χ0) is 13.9. The van der Waals surface area contributed by atoms with Crippen LogP contribution in [-0.4, -0.2) is 14.1 Å². The SMILES string of the molecule is Cn1ccc(CNc2ccc(-n3cc[nH]c3=O)cc2)c1. The Morgan fingerprint density at radius 2 is 1.95 bits per heavy atom. The molecule has 0 saturated heterocycles. The average molecular weight is 268 g/mol. The number of anilines is 1. The van der Waals surface area contributed by atoms with Gasteiger partial charge in [-0.1, -0.05) is 0 Å². The molecule has 0 amide bonds. The van der Waals surface area contributed by atoms with E-state index >= 15 is 0 Å². The van der Waals surface area contributed by atoms with Crippen molar-refractivity contribution < 1.29 is 0 Å². The molecular formula is C15H16N4O. The van der Waals surface area contributed by atoms with Gasteiger partial charge in [-0.2, -0.15) is 0 Å². The number of imidazole rings is 1. The molecule has 102 valence electrons. The molecule has 0 spiro atoms. The molecule has 3 aromatic rings. The quantitative estimate of drug-likeness (QED) is 0.761. The van der Waals surface area contributed by atoms with Crippen molar-refractivity contribution in [2.45, 2.75) is 6.54 Å². The van der Waals surface area contributed by atoms with E-state index in [1.165, 1.54) is 5.56 Å². The van der Waals surface area contributed by atoms with Crippen molar-refractivity contribution in [2.24, 2.45) is 7.05 Å². The van der Waals surface area contributed by atoms with Crippen molar-refractivity contribution in [3.05, 3.63) is 71.2 Å². The second-order valence-corrected chi connectivity index (χ2v) is 4.72. The van der Waals surface area contributed by atoms with Crippen molar-refractivity contribution in [3.8, 4) is 5.69 Å². The van der Waals surface area contributed by atoms with Gasteiger partial charge in [0.15, 0.2) is 0 Å². The summed E-state index contributed by atoms with van der Waals surface area (Å²) in [5.74, 6) is 0. The maximum absolute atomic E-state index is 11.5. The van der Waals surface area contributed by atoms with E-state index in [1.807, 2.05) is 42.1 Å². The van der Waals surface area contributed by atoms with Gasteiger partial charge in [0.25, 0.3) is 0 Å². The van der Waals surface area contributed by atoms with Crippen molar-refractivity contribution in [1.29, 1.82) is 0 Å². The van der Waals surface area contributed by atoms with Crippen LogP contribution in [0.4, 0.5) is 5.69 Å². The van der Waals surface area contributed by atoms with Crippen molar-refractivity contribution >= 4 is 5.69 Å². The molecule has 0 atom stereocenters. The molecule has 1 aromatic carbocycles. The molecule has 0 aliphatic heterocycles. The minimum Gasteiger partial charge on any atom is -0.381 e. The molecule has 0 aliphatic carbocycles. The fourth-order valence-corrected chi connectivity index (χ4v) is 2.13. The molecule has 0 unspecified atom stereocenters. The highest BCUT2D eigenvalue weighted by atomic mass is 16.1. The van der Waals surface area contributed by atoms with E-state index < -0.39 is 0 Å². The monoisotopic (exact) mass is 268 g/mol. The third-order valence-electron chi connectivity index (χ3n) is 3.18. The number of hydrogen-bond acceptors (Lipinski definition) is 2. The van der Waals surface area contributed by atoms with Crippen LogP contribution in [-0.2, 0) is 13.6 Å². The van der Waals surface area contributed by atoms with E-state index in [4.69, 9.17) is 0 Å². The number of nitrogens with zero attached hydrogens (tertiary/aromatic N) is 2. The predicted octanol–water partition coefficient (Wildman–Crippen LogP) is 2.12. The Balaban J connectivity index is 1.70. The van der Waals surface area contributed by atoms with Crippen LogP contribution in [0.3, 0.4) is 0 Å². The highest BCUT2D eigenvalue weighted by molar-refractivity contribution is 5.49. The van der Waals surface area contributed by atoms with E-state index in [9.17, 15) is 4.79 Å². The first-order valence-corrected chi connectivity index (χ1v) is 6.43. The fraction of sp³-hybridized carbons (Fsp3) is 0.133. The molecule has 2 N–H and O–H groups in total. The van der Waals surface area contributed by atoms with Crippen molar-refractivity contribution in [1.82, 2.24) is 14.1 Å². The Morgan fingerprint density at radius 3 is 2.55 bits per heavy atom. The van der Waals surface area contributed by atoms with Crippen LogP contribution in [0.2, 0.25) is 0 Å². The summed E-state index contributed by atoms with van der Waals surface area (Å²) < 4.78 is 3.60. The highest BCUT2D eigenvalue weighted by Gasteiger charge is 2.00. The lowest BCUT2D eigenvalue weighted by Crippen LogP contribution is -2.13. The van der Waals surface area contributed by atoms with Gasteiger partial charge >= 0.3 is 5.69 Å². The molecule has 0 aliphatic rings. The summed E-state index contributed by atoms with van der Waals surface area (Å²) in [5.41, 5.74) is 2.98. The van der Waals surface area contributed by atoms with Crippen LogP contribution in [0.1, 0.15) is 5.56 Å². The number of H-pyrrole nitrogens is 1. The third-order valence-corrected chi connectivity index (χ3v) is 3.18. The first-order valence-electron chi connectivity index (χ1n) is 6.43. The van der Waals surface area contributed by atoms with Gasteiger partial charge < -0.3 is 14.9 Å². The number of hydrogen-bond donors (Lipinski definition) is 2. The molecule has 0 fully saturated rings. The van der Waals surface area contributed by atoms with Gasteiger partial charge in [0, 0.05) is 44.1 Å². The van der Waals surface area contributed by atoms with E-state index in [0.29, 0.717) is 0 Å². The minimum absolute atomic E-state index is 0.130. The van der Waals surface area contributed by atoms with Gasteiger partial charge in [-0.25, -0.2) is 4.79 Å². The molecule has 5 heteroatoms. The summed E-state index contributed by atoms with van der Waals surface area (Å²) in [6.45, 7) is 0.782. The highest BCUT2D eigenvalue weighted by Crippen LogP contribution is 2.13. The zero-order valence-electron chi connectivity index (χ0n) is 11.2. The second kappa shape index (κ2) is 5.13. The van der Waals surface area contributed by atoms with Crippen LogP contribution in [0.25, 0.3) is 5.69 Å². The summed E-state index contributed by atoms with van der Waals surface area (Å²) in [7, 11) is 2.01. The van der Waals surface area contributed by atoms with E-state index in [2.05, 4.69) is 22.6 Å². The van der Waals surface area contributed by atoms with Crippen LogP contribution >= 0.6 is 0 Å². The van der Waals surface area contributed by atoms with Gasteiger partial charge in [0.05, 0.1) is 5.69 Å². The zero-order valence-corrected chi connectivity index (χ0v) is 11.2. The Morgan fingerprint density at radius 1 is 1.15 bits per heavy atom. The molecule has 0 saturated carbocycles. The largest absolute Gasteiger partial charge is 0.381 e. The Labute approximate surface area is 116 Å². The lowest BCUT2D eigenvalue weighted by Gasteiger charge is -2.06. The summed E-state index contributed by atoms with van der Waals surface area (Å²) in [5, 5.41) is 3.35. The lowest BCUT2D eigenvalue weighted by molar-refractivity contribution is 0.920. The standard InChI is InChI=1S/C15H16N4O/c1-18-8-6-12(11-18)10-17-13-2-4-14(5-3-13)19-9-7-16-15(19)20/h2-9,11,17H,10H2,1H3,(H,16,20). The third kappa shape index (κ3) is 2.51. The molecule has 3 rings (SSSR count). The normalized spacial score (nSPS) is 10.7. The summed E-state index contributed by atoms with van der Waals surface area (Å²) in [4.78, 5) is 14.1. The number of rotatable bonds is 4. The number of aryl methyl sites for hydroxylation is 1. The van der Waals surface area contributed by atoms with E-state index in [-0.39, 0.29) is 5.69 Å². The maximum Gasteiger partial charge on any atom is 0.330 e. The van der Waals surface area contributed by atoms with Gasteiger partial charge in [-0.05, 0) is 35.9 Å². The Kier molecular flexibility index (Phi) is 3.16. The van der Waals surface area contributed by atoms with Crippen LogP contribution in [0.5, 0.6) is 0 Å². The summed E-state index contributed by atoms with van der Waals surface area (Å²) in [6.07, 6.45) is 7.46. The predicted molar refractivity (Wildman–Crippen MR) is 79.1 cm³/mol. The van der Waals surface area contributed by atoms with Crippen molar-refractivity contribution in [3.63, 3.8) is 0 Å². The molecular weight excluding hydrogens is 252 g/mol. The molecule has 0 bridgehead atoms. The van der Waals surface area contributed by atoms with Crippen LogP contribution in [0, 0.1) is 0 Å². The maximum atomic E-state index is 11.5.